The number of alkyl halides is 2. The van der Waals surface area contributed by atoms with E-state index in [0.29, 0.717) is 6.07 Å². The van der Waals surface area contributed by atoms with Crippen molar-refractivity contribution < 1.29 is 22.7 Å². The third-order valence-corrected chi connectivity index (χ3v) is 2.11. The molecule has 0 spiro atoms. The van der Waals surface area contributed by atoms with Gasteiger partial charge in [-0.2, -0.15) is 8.78 Å². The molecule has 0 aromatic heterocycles. The zero-order chi connectivity index (χ0) is 12.3. The Hall–Kier alpha value is -1.23. The van der Waals surface area contributed by atoms with E-state index in [4.69, 9.17) is 11.6 Å². The molecule has 0 unspecified atom stereocenters. The van der Waals surface area contributed by atoms with E-state index in [9.17, 15) is 18.0 Å². The molecule has 2 nitrogen and oxygen atoms in total. The van der Waals surface area contributed by atoms with Crippen molar-refractivity contribution in [3.8, 4) is 0 Å². The first-order valence-electron chi connectivity index (χ1n) is 4.40. The number of rotatable bonds is 3. The van der Waals surface area contributed by atoms with E-state index in [1.165, 1.54) is 6.92 Å². The van der Waals surface area contributed by atoms with Crippen LogP contribution in [0.1, 0.15) is 12.5 Å². The van der Waals surface area contributed by atoms with Crippen LogP contribution in [0.5, 0.6) is 0 Å². The molecule has 1 aromatic carbocycles. The maximum atomic E-state index is 13.4. The van der Waals surface area contributed by atoms with E-state index in [0.717, 1.165) is 12.1 Å². The fourth-order valence-corrected chi connectivity index (χ4v) is 1.36. The monoisotopic (exact) mass is 252 g/mol. The van der Waals surface area contributed by atoms with Gasteiger partial charge in [-0.1, -0.05) is 11.6 Å². The summed E-state index contributed by atoms with van der Waals surface area (Å²) in [6.07, 6.45) is 0. The van der Waals surface area contributed by atoms with Crippen LogP contribution in [-0.2, 0) is 15.5 Å². The Balaban J connectivity index is 3.11. The van der Waals surface area contributed by atoms with Gasteiger partial charge in [-0.3, -0.25) is 0 Å². The summed E-state index contributed by atoms with van der Waals surface area (Å²) in [5, 5.41) is -0.516. The van der Waals surface area contributed by atoms with Crippen molar-refractivity contribution in [2.24, 2.45) is 0 Å². The van der Waals surface area contributed by atoms with Crippen LogP contribution in [0.25, 0.3) is 0 Å². The van der Waals surface area contributed by atoms with Crippen LogP contribution in [0.3, 0.4) is 0 Å². The Kier molecular flexibility index (Phi) is 3.80. The topological polar surface area (TPSA) is 26.3 Å². The van der Waals surface area contributed by atoms with Crippen molar-refractivity contribution >= 4 is 17.6 Å². The highest BCUT2D eigenvalue weighted by Gasteiger charge is 2.44. The van der Waals surface area contributed by atoms with Gasteiger partial charge in [-0.05, 0) is 25.1 Å². The smallest absolute Gasteiger partial charge is 0.382 e. The second kappa shape index (κ2) is 4.74. The lowest BCUT2D eigenvalue weighted by atomic mass is 10.1. The molecule has 0 radical (unpaired) electrons. The lowest BCUT2D eigenvalue weighted by Gasteiger charge is -2.15. The minimum absolute atomic E-state index is 0.173. The van der Waals surface area contributed by atoms with Crippen LogP contribution in [0.15, 0.2) is 18.2 Å². The largest absolute Gasteiger partial charge is 0.461 e. The van der Waals surface area contributed by atoms with Crippen molar-refractivity contribution in [1.29, 1.82) is 0 Å². The Morgan fingerprint density at radius 1 is 1.50 bits per heavy atom. The van der Waals surface area contributed by atoms with Crippen molar-refractivity contribution in [3.05, 3.63) is 34.6 Å². The number of hydrogen-bond acceptors (Lipinski definition) is 2. The number of halogens is 4. The molecule has 0 amide bonds. The standard InChI is InChI=1S/C10H8ClF3O2/c1-2-16-9(15)10(13,14)7-4-3-6(12)5-8(7)11/h3-5H,2H2,1H3. The van der Waals surface area contributed by atoms with Crippen LogP contribution >= 0.6 is 11.6 Å². The molecular formula is C10H8ClF3O2. The molecule has 0 N–H and O–H groups in total. The van der Waals surface area contributed by atoms with Crippen LogP contribution in [0, 0.1) is 5.82 Å². The fraction of sp³-hybridized carbons (Fsp3) is 0.300. The van der Waals surface area contributed by atoms with Gasteiger partial charge in [-0.25, -0.2) is 9.18 Å². The minimum atomic E-state index is -3.87. The Labute approximate surface area is 95.0 Å². The molecule has 1 rings (SSSR count). The van der Waals surface area contributed by atoms with Crippen LogP contribution in [-0.4, -0.2) is 12.6 Å². The Bertz CT molecular complexity index is 407. The number of carbonyl (C=O) groups is 1. The summed E-state index contributed by atoms with van der Waals surface area (Å²) in [5.74, 6) is -6.34. The molecule has 0 saturated heterocycles. The maximum absolute atomic E-state index is 13.4. The third-order valence-electron chi connectivity index (χ3n) is 1.80. The van der Waals surface area contributed by atoms with Gasteiger partial charge >= 0.3 is 11.9 Å². The SMILES string of the molecule is CCOC(=O)C(F)(F)c1ccc(F)cc1Cl. The van der Waals surface area contributed by atoms with E-state index in [2.05, 4.69) is 4.74 Å². The van der Waals surface area contributed by atoms with E-state index >= 15 is 0 Å². The molecule has 0 saturated carbocycles. The number of carbonyl (C=O) groups excluding carboxylic acids is 1. The highest BCUT2D eigenvalue weighted by molar-refractivity contribution is 6.31. The summed E-state index contributed by atoms with van der Waals surface area (Å²) < 4.78 is 43.7. The molecular weight excluding hydrogens is 245 g/mol. The average Bonchev–Trinajstić information content (AvgIpc) is 2.17. The second-order valence-electron chi connectivity index (χ2n) is 2.92. The normalized spacial score (nSPS) is 11.3. The highest BCUT2D eigenvalue weighted by atomic mass is 35.5. The predicted octanol–water partition coefficient (Wildman–Crippen LogP) is 3.13. The van der Waals surface area contributed by atoms with Crippen molar-refractivity contribution in [3.63, 3.8) is 0 Å². The molecule has 0 aliphatic carbocycles. The van der Waals surface area contributed by atoms with Crippen molar-refractivity contribution in [2.75, 3.05) is 6.61 Å². The molecule has 0 fully saturated rings. The first-order chi connectivity index (χ1) is 7.39. The van der Waals surface area contributed by atoms with E-state index in [-0.39, 0.29) is 6.61 Å². The highest BCUT2D eigenvalue weighted by Crippen LogP contribution is 2.34. The molecule has 0 atom stereocenters. The Morgan fingerprint density at radius 3 is 2.62 bits per heavy atom. The molecule has 0 heterocycles. The van der Waals surface area contributed by atoms with Gasteiger partial charge in [0.05, 0.1) is 17.2 Å². The van der Waals surface area contributed by atoms with Gasteiger partial charge in [0.2, 0.25) is 0 Å². The zero-order valence-corrected chi connectivity index (χ0v) is 9.02. The number of hydrogen-bond donors (Lipinski definition) is 0. The first kappa shape index (κ1) is 12.8. The van der Waals surface area contributed by atoms with E-state index in [1.807, 2.05) is 0 Å². The van der Waals surface area contributed by atoms with E-state index < -0.39 is 28.3 Å². The van der Waals surface area contributed by atoms with Gasteiger partial charge in [0.25, 0.3) is 0 Å². The second-order valence-corrected chi connectivity index (χ2v) is 3.33. The number of ether oxygens (including phenoxy) is 1. The van der Waals surface area contributed by atoms with Crippen LogP contribution in [0.4, 0.5) is 13.2 Å². The Morgan fingerprint density at radius 2 is 2.12 bits per heavy atom. The third kappa shape index (κ3) is 2.47. The predicted molar refractivity (Wildman–Crippen MR) is 51.9 cm³/mol. The molecule has 1 aromatic rings. The van der Waals surface area contributed by atoms with Gasteiger partial charge in [0.1, 0.15) is 5.82 Å². The number of benzene rings is 1. The zero-order valence-electron chi connectivity index (χ0n) is 8.27. The fourth-order valence-electron chi connectivity index (χ4n) is 1.08. The van der Waals surface area contributed by atoms with Gasteiger partial charge in [0, 0.05) is 0 Å². The van der Waals surface area contributed by atoms with E-state index in [1.54, 1.807) is 0 Å². The van der Waals surface area contributed by atoms with Gasteiger partial charge in [-0.15, -0.1) is 0 Å². The molecule has 16 heavy (non-hydrogen) atoms. The van der Waals surface area contributed by atoms with Gasteiger partial charge < -0.3 is 4.74 Å². The minimum Gasteiger partial charge on any atom is -0.461 e. The summed E-state index contributed by atoms with van der Waals surface area (Å²) in [5.41, 5.74) is -0.769. The molecule has 6 heteroatoms. The van der Waals surface area contributed by atoms with Crippen LogP contribution in [0.2, 0.25) is 5.02 Å². The molecule has 0 bridgehead atoms. The summed E-state index contributed by atoms with van der Waals surface area (Å²) >= 11 is 5.43. The first-order valence-corrected chi connectivity index (χ1v) is 4.78. The molecule has 88 valence electrons. The molecule has 0 aliphatic rings. The summed E-state index contributed by atoms with van der Waals surface area (Å²) in [7, 11) is 0. The maximum Gasteiger partial charge on any atom is 0.382 e. The molecule has 0 aliphatic heterocycles. The van der Waals surface area contributed by atoms with Crippen molar-refractivity contribution in [1.82, 2.24) is 0 Å². The lowest BCUT2D eigenvalue weighted by Crippen LogP contribution is -2.28. The lowest BCUT2D eigenvalue weighted by molar-refractivity contribution is -0.173. The summed E-state index contributed by atoms with van der Waals surface area (Å²) in [6.45, 7) is 1.23. The quantitative estimate of drug-likeness (QED) is 0.773. The van der Waals surface area contributed by atoms with Crippen molar-refractivity contribution in [2.45, 2.75) is 12.8 Å². The van der Waals surface area contributed by atoms with Crippen LogP contribution < -0.4 is 0 Å². The summed E-state index contributed by atoms with van der Waals surface area (Å²) in [4.78, 5) is 11.0. The summed E-state index contributed by atoms with van der Waals surface area (Å²) in [6, 6.07) is 2.27. The average molecular weight is 253 g/mol. The van der Waals surface area contributed by atoms with Gasteiger partial charge in [0.15, 0.2) is 0 Å². The number of esters is 1.